The van der Waals surface area contributed by atoms with E-state index in [0.717, 1.165) is 26.7 Å². The number of allylic oxidation sites excluding steroid dienone is 1. The summed E-state index contributed by atoms with van der Waals surface area (Å²) in [5, 5.41) is 10.0. The zero-order valence-corrected chi connectivity index (χ0v) is 21.4. The maximum Gasteiger partial charge on any atom is 0.340 e. The molecule has 8 nitrogen and oxygen atoms in total. The monoisotopic (exact) mass is 542 g/mol. The molecule has 1 amide bonds. The first kappa shape index (κ1) is 25.4. The van der Waals surface area contributed by atoms with Crippen LogP contribution in [0.5, 0.6) is 0 Å². The van der Waals surface area contributed by atoms with Crippen molar-refractivity contribution in [3.8, 4) is 5.69 Å². The highest BCUT2D eigenvalue weighted by Crippen LogP contribution is 2.46. The maximum atomic E-state index is 16.0. The lowest BCUT2D eigenvalue weighted by Crippen LogP contribution is -2.36. The normalized spacial score (nSPS) is 15.2. The molecule has 0 saturated carbocycles. The molecule has 0 unspecified atom stereocenters. The van der Waals surface area contributed by atoms with Gasteiger partial charge in [0.2, 0.25) is 5.91 Å². The first-order valence-corrected chi connectivity index (χ1v) is 12.7. The van der Waals surface area contributed by atoms with Gasteiger partial charge in [-0.05, 0) is 54.3 Å². The Morgan fingerprint density at radius 3 is 2.67 bits per heavy atom. The van der Waals surface area contributed by atoms with Crippen LogP contribution in [0, 0.1) is 12.7 Å². The highest BCUT2D eigenvalue weighted by atomic mass is 19.1. The van der Waals surface area contributed by atoms with Crippen LogP contribution in [0.4, 0.5) is 8.78 Å². The number of aliphatic hydroxyl groups excluding tert-OH is 1. The Morgan fingerprint density at radius 2 is 1.93 bits per heavy atom. The van der Waals surface area contributed by atoms with Crippen LogP contribution in [0.3, 0.4) is 0 Å². The van der Waals surface area contributed by atoms with Gasteiger partial charge in [-0.1, -0.05) is 24.3 Å². The minimum Gasteiger partial charge on any atom is -0.396 e. The van der Waals surface area contributed by atoms with E-state index in [0.29, 0.717) is 39.7 Å². The summed E-state index contributed by atoms with van der Waals surface area (Å²) < 4.78 is 32.3. The van der Waals surface area contributed by atoms with Gasteiger partial charge in [0.05, 0.1) is 17.1 Å². The molecule has 10 heteroatoms. The number of rotatable bonds is 5. The second-order valence-electron chi connectivity index (χ2n) is 9.87. The number of primary amides is 1. The largest absolute Gasteiger partial charge is 0.396 e. The average molecular weight is 543 g/mol. The van der Waals surface area contributed by atoms with Gasteiger partial charge in [-0.25, -0.2) is 18.1 Å². The summed E-state index contributed by atoms with van der Waals surface area (Å²) in [6.07, 6.45) is 1.54. The van der Waals surface area contributed by atoms with Crippen LogP contribution in [-0.2, 0) is 11.2 Å². The summed E-state index contributed by atoms with van der Waals surface area (Å²) in [6.45, 7) is 1.63. The second-order valence-corrected chi connectivity index (χ2v) is 9.87. The molecule has 0 fully saturated rings. The number of nitrogens with two attached hydrogens (primary N) is 1. The van der Waals surface area contributed by atoms with Crippen LogP contribution >= 0.6 is 0 Å². The van der Waals surface area contributed by atoms with E-state index in [1.165, 1.54) is 12.3 Å². The zero-order valence-electron chi connectivity index (χ0n) is 21.4. The van der Waals surface area contributed by atoms with E-state index in [4.69, 9.17) is 5.73 Å². The minimum absolute atomic E-state index is 0.0393. The SMILES string of the molecule is Cc1c(C2=C(F)C[C@H](C(N)=O)c3[nH]c4cc(CCO)ccc4c32)cccc1-n1c(=O)cc2c(F)cccn2c1=O. The summed E-state index contributed by atoms with van der Waals surface area (Å²) in [6, 6.07) is 13.9. The van der Waals surface area contributed by atoms with Crippen LogP contribution in [0.1, 0.15) is 40.3 Å². The molecule has 6 rings (SSSR count). The predicted octanol–water partition coefficient (Wildman–Crippen LogP) is 3.62. The fourth-order valence-corrected chi connectivity index (χ4v) is 5.66. The molecule has 4 N–H and O–H groups in total. The fraction of sp³-hybridized carbons (Fsp3) is 0.167. The molecule has 1 aliphatic rings. The standard InChI is InChI=1S/C30H24F2N4O4/c1-15-17(4-2-6-23(15)36-25(38)14-24-20(31)5-3-10-35(24)30(36)40)26-21(32)13-19(29(33)39)28-27(26)18-8-7-16(9-11-37)12-22(18)34-28/h2-8,10,12,14,19,34,37H,9,11,13H2,1H3,(H2,33,39)/t19-/m0/s1. The number of benzene rings is 2. The Balaban J connectivity index is 1.61. The molecule has 0 radical (unpaired) electrons. The summed E-state index contributed by atoms with van der Waals surface area (Å²) in [4.78, 5) is 42.0. The predicted molar refractivity (Wildman–Crippen MR) is 147 cm³/mol. The Hall–Kier alpha value is -4.83. The maximum absolute atomic E-state index is 16.0. The number of nitrogens with zero attached hydrogens (tertiary/aromatic N) is 2. The molecule has 3 aromatic heterocycles. The minimum atomic E-state index is -0.918. The Morgan fingerprint density at radius 1 is 1.12 bits per heavy atom. The molecule has 0 spiro atoms. The Bertz CT molecular complexity index is 2020. The van der Waals surface area contributed by atoms with E-state index in [1.807, 2.05) is 12.1 Å². The van der Waals surface area contributed by atoms with Crippen molar-refractivity contribution in [1.29, 1.82) is 0 Å². The number of hydrogen-bond acceptors (Lipinski definition) is 4. The van der Waals surface area contributed by atoms with E-state index in [2.05, 4.69) is 4.98 Å². The lowest BCUT2D eigenvalue weighted by Gasteiger charge is -2.24. The third-order valence-corrected chi connectivity index (χ3v) is 7.56. The Kier molecular flexibility index (Phi) is 5.99. The van der Waals surface area contributed by atoms with Gasteiger partial charge in [0.15, 0.2) is 0 Å². The van der Waals surface area contributed by atoms with Gasteiger partial charge in [-0.15, -0.1) is 0 Å². The highest BCUT2D eigenvalue weighted by Gasteiger charge is 2.35. The number of carbonyl (C=O) groups excluding carboxylic acids is 1. The number of aromatic nitrogens is 3. The molecule has 202 valence electrons. The molecule has 3 heterocycles. The van der Waals surface area contributed by atoms with Crippen molar-refractivity contribution >= 4 is 27.9 Å². The summed E-state index contributed by atoms with van der Waals surface area (Å²) in [7, 11) is 0. The topological polar surface area (TPSA) is 123 Å². The third kappa shape index (κ3) is 3.79. The molecule has 2 aromatic carbocycles. The summed E-state index contributed by atoms with van der Waals surface area (Å²) >= 11 is 0. The van der Waals surface area contributed by atoms with E-state index in [-0.39, 0.29) is 29.8 Å². The van der Waals surface area contributed by atoms with Crippen molar-refractivity contribution in [3.05, 3.63) is 121 Å². The Labute approximate surface area is 225 Å². The van der Waals surface area contributed by atoms with Crippen LogP contribution in [-0.4, -0.2) is 31.6 Å². The van der Waals surface area contributed by atoms with Crippen LogP contribution in [0.15, 0.2) is 76.2 Å². The zero-order chi connectivity index (χ0) is 28.3. The number of pyridine rings is 1. The van der Waals surface area contributed by atoms with Gasteiger partial charge in [0, 0.05) is 53.0 Å². The first-order chi connectivity index (χ1) is 19.2. The molecule has 1 aliphatic carbocycles. The van der Waals surface area contributed by atoms with Gasteiger partial charge in [-0.2, -0.15) is 0 Å². The quantitative estimate of drug-likeness (QED) is 0.314. The summed E-state index contributed by atoms with van der Waals surface area (Å²) in [5.41, 5.74) is 7.81. The third-order valence-electron chi connectivity index (χ3n) is 7.56. The van der Waals surface area contributed by atoms with Gasteiger partial charge in [0.1, 0.15) is 11.6 Å². The number of H-pyrrole nitrogens is 1. The molecular formula is C30H24F2N4O4. The number of carbonyl (C=O) groups is 1. The molecule has 0 aliphatic heterocycles. The molecule has 1 atom stereocenters. The van der Waals surface area contributed by atoms with Crippen molar-refractivity contribution in [3.63, 3.8) is 0 Å². The lowest BCUT2D eigenvalue weighted by molar-refractivity contribution is -0.119. The smallest absolute Gasteiger partial charge is 0.340 e. The van der Waals surface area contributed by atoms with Crippen LogP contribution < -0.4 is 17.0 Å². The van der Waals surface area contributed by atoms with E-state index in [1.54, 1.807) is 31.2 Å². The summed E-state index contributed by atoms with van der Waals surface area (Å²) in [5.74, 6) is -2.85. The van der Waals surface area contributed by atoms with E-state index in [9.17, 15) is 23.9 Å². The van der Waals surface area contributed by atoms with Gasteiger partial charge >= 0.3 is 5.69 Å². The number of aliphatic hydroxyl groups is 1. The number of hydrogen-bond donors (Lipinski definition) is 3. The average Bonchev–Trinajstić information content (AvgIpc) is 3.29. The van der Waals surface area contributed by atoms with Crippen molar-refractivity contribution in [2.24, 2.45) is 5.73 Å². The van der Waals surface area contributed by atoms with Crippen molar-refractivity contribution < 1.29 is 18.7 Å². The van der Waals surface area contributed by atoms with Gasteiger partial charge in [0.25, 0.3) is 5.56 Å². The number of fused-ring (bicyclic) bond motifs is 4. The van der Waals surface area contributed by atoms with Crippen LogP contribution in [0.2, 0.25) is 0 Å². The van der Waals surface area contributed by atoms with Gasteiger partial charge in [-0.3, -0.25) is 14.0 Å². The fourth-order valence-electron chi connectivity index (χ4n) is 5.66. The highest BCUT2D eigenvalue weighted by molar-refractivity contribution is 6.03. The van der Waals surface area contributed by atoms with Crippen molar-refractivity contribution in [1.82, 2.24) is 14.0 Å². The molecule has 40 heavy (non-hydrogen) atoms. The molecule has 0 bridgehead atoms. The number of halogens is 2. The van der Waals surface area contributed by atoms with E-state index >= 15 is 4.39 Å². The first-order valence-electron chi connectivity index (χ1n) is 12.7. The number of amides is 1. The molecule has 0 saturated heterocycles. The van der Waals surface area contributed by atoms with Crippen molar-refractivity contribution in [2.45, 2.75) is 25.7 Å². The van der Waals surface area contributed by atoms with Crippen LogP contribution in [0.25, 0.3) is 27.7 Å². The van der Waals surface area contributed by atoms with Gasteiger partial charge < -0.3 is 15.8 Å². The lowest BCUT2D eigenvalue weighted by atomic mass is 9.81. The second kappa shape index (κ2) is 9.42. The molecule has 5 aromatic rings. The van der Waals surface area contributed by atoms with E-state index < -0.39 is 34.7 Å². The number of nitrogens with one attached hydrogen (secondary N) is 1. The number of aromatic amines is 1. The molecular weight excluding hydrogens is 518 g/mol. The van der Waals surface area contributed by atoms with Crippen molar-refractivity contribution in [2.75, 3.05) is 6.61 Å².